The van der Waals surface area contributed by atoms with Crippen LogP contribution in [0.2, 0.25) is 0 Å². The Kier molecular flexibility index (Phi) is 2.97. The fourth-order valence-electron chi connectivity index (χ4n) is 2.97. The number of alkyl halides is 2. The zero-order valence-electron chi connectivity index (χ0n) is 9.35. The highest BCUT2D eigenvalue weighted by atomic mass is 19.1. The first-order valence-electron chi connectivity index (χ1n) is 5.70. The average Bonchev–Trinajstić information content (AvgIpc) is 2.25. The molecule has 16 heavy (non-hydrogen) atoms. The van der Waals surface area contributed by atoms with Crippen molar-refractivity contribution in [2.24, 2.45) is 11.1 Å². The molecule has 1 saturated heterocycles. The molecule has 0 bridgehead atoms. The first-order valence-corrected chi connectivity index (χ1v) is 5.70. The zero-order valence-corrected chi connectivity index (χ0v) is 9.35. The highest BCUT2D eigenvalue weighted by molar-refractivity contribution is 5.16. The van der Waals surface area contributed by atoms with Gasteiger partial charge in [0.05, 0.1) is 19.0 Å². The van der Waals surface area contributed by atoms with Gasteiger partial charge in [-0.2, -0.15) is 0 Å². The molecule has 2 fully saturated rings. The van der Waals surface area contributed by atoms with E-state index < -0.39 is 29.9 Å². The molecule has 5 heteroatoms. The lowest BCUT2D eigenvalue weighted by molar-refractivity contribution is -0.199. The molecule has 1 saturated carbocycles. The highest BCUT2D eigenvalue weighted by Crippen LogP contribution is 2.55. The van der Waals surface area contributed by atoms with Gasteiger partial charge in [0.15, 0.2) is 0 Å². The largest absolute Gasteiger partial charge is 0.388 e. The van der Waals surface area contributed by atoms with E-state index in [1.807, 2.05) is 0 Å². The number of ether oxygens (including phenoxy) is 1. The SMILES string of the molecule is NC1(C2(O)CC(CF)(CF)C2)CCOCC1. The van der Waals surface area contributed by atoms with Crippen LogP contribution in [0.5, 0.6) is 0 Å². The van der Waals surface area contributed by atoms with Gasteiger partial charge in [-0.15, -0.1) is 0 Å². The van der Waals surface area contributed by atoms with E-state index >= 15 is 0 Å². The van der Waals surface area contributed by atoms with Gasteiger partial charge in [-0.3, -0.25) is 8.78 Å². The first kappa shape index (κ1) is 12.2. The number of rotatable bonds is 3. The molecule has 94 valence electrons. The van der Waals surface area contributed by atoms with Gasteiger partial charge in [0.1, 0.15) is 0 Å². The maximum atomic E-state index is 12.7. The van der Waals surface area contributed by atoms with Crippen LogP contribution in [0.3, 0.4) is 0 Å². The quantitative estimate of drug-likeness (QED) is 0.765. The van der Waals surface area contributed by atoms with Crippen molar-refractivity contribution in [3.63, 3.8) is 0 Å². The summed E-state index contributed by atoms with van der Waals surface area (Å²) in [6.45, 7) is -0.426. The van der Waals surface area contributed by atoms with E-state index in [-0.39, 0.29) is 12.8 Å². The van der Waals surface area contributed by atoms with Crippen LogP contribution >= 0.6 is 0 Å². The number of halogens is 2. The van der Waals surface area contributed by atoms with Crippen molar-refractivity contribution >= 4 is 0 Å². The predicted octanol–water partition coefficient (Wildman–Crippen LogP) is 0.945. The second kappa shape index (κ2) is 3.89. The number of nitrogens with two attached hydrogens (primary N) is 1. The molecule has 1 aliphatic carbocycles. The first-order chi connectivity index (χ1) is 7.49. The van der Waals surface area contributed by atoms with Crippen LogP contribution in [0.4, 0.5) is 8.78 Å². The van der Waals surface area contributed by atoms with Crippen molar-refractivity contribution in [1.29, 1.82) is 0 Å². The lowest BCUT2D eigenvalue weighted by Gasteiger charge is -2.59. The summed E-state index contributed by atoms with van der Waals surface area (Å²) < 4.78 is 30.6. The van der Waals surface area contributed by atoms with E-state index in [1.165, 1.54) is 0 Å². The lowest BCUT2D eigenvalue weighted by atomic mass is 9.52. The molecule has 3 N–H and O–H groups in total. The van der Waals surface area contributed by atoms with Crippen LogP contribution in [0.1, 0.15) is 25.7 Å². The Morgan fingerprint density at radius 3 is 2.06 bits per heavy atom. The van der Waals surface area contributed by atoms with Gasteiger partial charge < -0.3 is 15.6 Å². The monoisotopic (exact) mass is 235 g/mol. The molecular weight excluding hydrogens is 216 g/mol. The topological polar surface area (TPSA) is 55.5 Å². The van der Waals surface area contributed by atoms with Gasteiger partial charge in [0, 0.05) is 24.2 Å². The Hall–Kier alpha value is -0.260. The summed E-state index contributed by atoms with van der Waals surface area (Å²) >= 11 is 0. The second-order valence-electron chi connectivity index (χ2n) is 5.42. The van der Waals surface area contributed by atoms with Gasteiger partial charge in [0.25, 0.3) is 0 Å². The summed E-state index contributed by atoms with van der Waals surface area (Å²) in [7, 11) is 0. The molecule has 2 rings (SSSR count). The van der Waals surface area contributed by atoms with Crippen molar-refractivity contribution in [2.75, 3.05) is 26.6 Å². The lowest BCUT2D eigenvalue weighted by Crippen LogP contribution is -2.71. The summed E-state index contributed by atoms with van der Waals surface area (Å²) in [5.74, 6) is 0. The molecule has 2 aliphatic rings. The minimum atomic E-state index is -1.12. The van der Waals surface area contributed by atoms with Gasteiger partial charge in [-0.25, -0.2) is 0 Å². The van der Waals surface area contributed by atoms with Crippen LogP contribution in [-0.2, 0) is 4.74 Å². The van der Waals surface area contributed by atoms with Gasteiger partial charge >= 0.3 is 0 Å². The third-order valence-corrected chi connectivity index (χ3v) is 4.21. The summed E-state index contributed by atoms with van der Waals surface area (Å²) in [6.07, 6.45) is 1.36. The summed E-state index contributed by atoms with van der Waals surface area (Å²) in [6, 6.07) is 0. The smallest absolute Gasteiger partial charge is 0.0977 e. The Labute approximate surface area is 94.0 Å². The Bertz CT molecular complexity index is 255. The van der Waals surface area contributed by atoms with Crippen molar-refractivity contribution in [1.82, 2.24) is 0 Å². The predicted molar refractivity (Wildman–Crippen MR) is 55.5 cm³/mol. The van der Waals surface area contributed by atoms with E-state index in [4.69, 9.17) is 10.5 Å². The number of hydrogen-bond donors (Lipinski definition) is 2. The Balaban J connectivity index is 2.05. The molecule has 0 atom stereocenters. The van der Waals surface area contributed by atoms with Gasteiger partial charge in [0.2, 0.25) is 0 Å². The van der Waals surface area contributed by atoms with Gasteiger partial charge in [-0.1, -0.05) is 0 Å². The van der Waals surface area contributed by atoms with Gasteiger partial charge in [-0.05, 0) is 25.7 Å². The van der Waals surface area contributed by atoms with Crippen LogP contribution in [-0.4, -0.2) is 42.8 Å². The normalized spacial score (nSPS) is 30.8. The van der Waals surface area contributed by atoms with Crippen LogP contribution in [0, 0.1) is 5.41 Å². The maximum Gasteiger partial charge on any atom is 0.0977 e. The summed E-state index contributed by atoms with van der Waals surface area (Å²) in [5.41, 5.74) is 3.31. The highest BCUT2D eigenvalue weighted by Gasteiger charge is 2.62. The zero-order chi connectivity index (χ0) is 11.9. The van der Waals surface area contributed by atoms with E-state index in [0.29, 0.717) is 26.1 Å². The second-order valence-corrected chi connectivity index (χ2v) is 5.42. The molecule has 1 aliphatic heterocycles. The van der Waals surface area contributed by atoms with Crippen LogP contribution in [0.15, 0.2) is 0 Å². The minimum absolute atomic E-state index is 0.128. The fourth-order valence-corrected chi connectivity index (χ4v) is 2.97. The molecule has 0 aromatic rings. The molecule has 0 aromatic carbocycles. The van der Waals surface area contributed by atoms with E-state index in [0.717, 1.165) is 0 Å². The van der Waals surface area contributed by atoms with Crippen molar-refractivity contribution in [3.8, 4) is 0 Å². The van der Waals surface area contributed by atoms with Crippen LogP contribution in [0.25, 0.3) is 0 Å². The van der Waals surface area contributed by atoms with E-state index in [1.54, 1.807) is 0 Å². The fraction of sp³-hybridized carbons (Fsp3) is 1.00. The third kappa shape index (κ3) is 1.65. The third-order valence-electron chi connectivity index (χ3n) is 4.21. The standard InChI is InChI=1S/C11H19F2NO2/c12-7-9(8-13)5-11(15,6-9)10(14)1-3-16-4-2-10/h15H,1-8,14H2. The van der Waals surface area contributed by atoms with E-state index in [9.17, 15) is 13.9 Å². The molecular formula is C11H19F2NO2. The average molecular weight is 235 g/mol. The van der Waals surface area contributed by atoms with Crippen LogP contribution < -0.4 is 5.73 Å². The van der Waals surface area contributed by atoms with Crippen molar-refractivity contribution in [2.45, 2.75) is 36.8 Å². The van der Waals surface area contributed by atoms with E-state index in [2.05, 4.69) is 0 Å². The summed E-state index contributed by atoms with van der Waals surface area (Å²) in [5, 5.41) is 10.4. The Morgan fingerprint density at radius 2 is 1.62 bits per heavy atom. The molecule has 0 amide bonds. The molecule has 0 aromatic heterocycles. The van der Waals surface area contributed by atoms with Crippen molar-refractivity contribution < 1.29 is 18.6 Å². The molecule has 1 heterocycles. The molecule has 0 radical (unpaired) electrons. The summed E-state index contributed by atoms with van der Waals surface area (Å²) in [4.78, 5) is 0. The Morgan fingerprint density at radius 1 is 1.12 bits per heavy atom. The molecule has 3 nitrogen and oxygen atoms in total. The van der Waals surface area contributed by atoms with Crippen molar-refractivity contribution in [3.05, 3.63) is 0 Å². The minimum Gasteiger partial charge on any atom is -0.388 e. The molecule has 0 spiro atoms. The maximum absolute atomic E-state index is 12.7. The number of hydrogen-bond acceptors (Lipinski definition) is 3. The number of aliphatic hydroxyl groups is 1. The molecule has 0 unspecified atom stereocenters.